The minimum Gasteiger partial charge on any atom is -0.364 e. The van der Waals surface area contributed by atoms with E-state index in [1.54, 1.807) is 6.07 Å². The standard InChI is InChI=1S/C20H23FN4O3/c21-15-2-1-3-16-14(15)10-13-11-24(8-9-25(13)16)17(26)6-7-20(12-4-5-12)18(27)22-19(28)23-20/h1-3,12-13H,4-11H2,(H2,22,23,27,28)/t13?,20-/m0/s1. The third-order valence-corrected chi connectivity index (χ3v) is 6.66. The number of piperazine rings is 1. The number of carbonyl (C=O) groups is 3. The molecule has 3 aliphatic heterocycles. The highest BCUT2D eigenvalue weighted by atomic mass is 19.1. The molecule has 1 unspecified atom stereocenters. The summed E-state index contributed by atoms with van der Waals surface area (Å²) >= 11 is 0. The molecule has 2 atom stereocenters. The van der Waals surface area contributed by atoms with Crippen LogP contribution in [0.2, 0.25) is 0 Å². The Kier molecular flexibility index (Phi) is 3.86. The number of benzene rings is 1. The molecular formula is C20H23FN4O3. The zero-order chi connectivity index (χ0) is 19.5. The largest absolute Gasteiger partial charge is 0.364 e. The molecule has 1 aromatic rings. The number of fused-ring (bicyclic) bond motifs is 3. The van der Waals surface area contributed by atoms with Gasteiger partial charge in [-0.05, 0) is 43.7 Å². The average Bonchev–Trinajstić information content (AvgIpc) is 3.40. The van der Waals surface area contributed by atoms with E-state index in [0.29, 0.717) is 32.5 Å². The summed E-state index contributed by atoms with van der Waals surface area (Å²) in [4.78, 5) is 40.8. The molecule has 0 radical (unpaired) electrons. The summed E-state index contributed by atoms with van der Waals surface area (Å²) in [6.45, 7) is 1.82. The van der Waals surface area contributed by atoms with Crippen molar-refractivity contribution >= 4 is 23.5 Å². The number of nitrogens with one attached hydrogen (secondary N) is 2. The lowest BCUT2D eigenvalue weighted by Crippen LogP contribution is -2.54. The summed E-state index contributed by atoms with van der Waals surface area (Å²) in [5, 5.41) is 5.09. The number of urea groups is 1. The highest BCUT2D eigenvalue weighted by molar-refractivity contribution is 6.07. The highest BCUT2D eigenvalue weighted by Crippen LogP contribution is 2.44. The molecule has 0 bridgehead atoms. The van der Waals surface area contributed by atoms with Crippen LogP contribution in [0.4, 0.5) is 14.9 Å². The number of halogens is 1. The first-order valence-corrected chi connectivity index (χ1v) is 9.93. The van der Waals surface area contributed by atoms with Gasteiger partial charge in [0.25, 0.3) is 5.91 Å². The Morgan fingerprint density at radius 2 is 2.07 bits per heavy atom. The Morgan fingerprint density at radius 3 is 2.79 bits per heavy atom. The fourth-order valence-corrected chi connectivity index (χ4v) is 5.04. The molecule has 0 aromatic heterocycles. The van der Waals surface area contributed by atoms with E-state index in [4.69, 9.17) is 0 Å². The van der Waals surface area contributed by atoms with Gasteiger partial charge in [0, 0.05) is 37.3 Å². The van der Waals surface area contributed by atoms with Crippen LogP contribution in [0, 0.1) is 11.7 Å². The van der Waals surface area contributed by atoms with Gasteiger partial charge in [0.1, 0.15) is 11.4 Å². The maximum Gasteiger partial charge on any atom is 0.322 e. The Labute approximate surface area is 162 Å². The molecule has 2 N–H and O–H groups in total. The number of imide groups is 1. The molecule has 5 rings (SSSR count). The molecule has 1 saturated carbocycles. The van der Waals surface area contributed by atoms with Gasteiger partial charge in [-0.2, -0.15) is 0 Å². The van der Waals surface area contributed by atoms with Gasteiger partial charge in [-0.25, -0.2) is 9.18 Å². The normalized spacial score (nSPS) is 28.7. The zero-order valence-electron chi connectivity index (χ0n) is 15.5. The molecule has 2 saturated heterocycles. The third-order valence-electron chi connectivity index (χ3n) is 6.66. The number of hydrogen-bond donors (Lipinski definition) is 2. The second-order valence-corrected chi connectivity index (χ2v) is 8.28. The van der Waals surface area contributed by atoms with Crippen LogP contribution < -0.4 is 15.5 Å². The van der Waals surface area contributed by atoms with Crippen molar-refractivity contribution in [3.05, 3.63) is 29.6 Å². The summed E-state index contributed by atoms with van der Waals surface area (Å²) < 4.78 is 14.1. The zero-order valence-corrected chi connectivity index (χ0v) is 15.5. The van der Waals surface area contributed by atoms with Crippen molar-refractivity contribution < 1.29 is 18.8 Å². The minimum atomic E-state index is -0.929. The molecule has 148 valence electrons. The van der Waals surface area contributed by atoms with Gasteiger partial charge >= 0.3 is 6.03 Å². The van der Waals surface area contributed by atoms with Crippen molar-refractivity contribution in [3.8, 4) is 0 Å². The topological polar surface area (TPSA) is 81.8 Å². The van der Waals surface area contributed by atoms with Crippen LogP contribution in [-0.4, -0.2) is 54.0 Å². The fraction of sp³-hybridized carbons (Fsp3) is 0.550. The molecule has 4 amide bonds. The molecule has 0 spiro atoms. The van der Waals surface area contributed by atoms with Gasteiger partial charge in [0.15, 0.2) is 0 Å². The highest BCUT2D eigenvalue weighted by Gasteiger charge is 2.55. The second kappa shape index (κ2) is 6.18. The first kappa shape index (κ1) is 17.5. The number of nitrogens with zero attached hydrogens (tertiary/aromatic N) is 2. The molecule has 4 aliphatic rings. The van der Waals surface area contributed by atoms with Crippen LogP contribution in [-0.2, 0) is 16.0 Å². The smallest absolute Gasteiger partial charge is 0.322 e. The van der Waals surface area contributed by atoms with Crippen molar-refractivity contribution in [2.75, 3.05) is 24.5 Å². The summed E-state index contributed by atoms with van der Waals surface area (Å²) in [5.74, 6) is -0.376. The van der Waals surface area contributed by atoms with E-state index >= 15 is 0 Å². The van der Waals surface area contributed by atoms with E-state index in [-0.39, 0.29) is 36.0 Å². The van der Waals surface area contributed by atoms with Crippen molar-refractivity contribution in [2.45, 2.75) is 43.7 Å². The van der Waals surface area contributed by atoms with Crippen molar-refractivity contribution in [1.82, 2.24) is 15.5 Å². The lowest BCUT2D eigenvalue weighted by Gasteiger charge is -2.39. The number of anilines is 1. The molecule has 8 heteroatoms. The van der Waals surface area contributed by atoms with E-state index in [9.17, 15) is 18.8 Å². The molecule has 1 aromatic carbocycles. The Hall–Kier alpha value is -2.64. The lowest BCUT2D eigenvalue weighted by molar-refractivity contribution is -0.133. The van der Waals surface area contributed by atoms with Crippen molar-refractivity contribution in [2.24, 2.45) is 5.92 Å². The van der Waals surface area contributed by atoms with Gasteiger partial charge in [0.2, 0.25) is 5.91 Å². The van der Waals surface area contributed by atoms with Gasteiger partial charge in [-0.15, -0.1) is 0 Å². The predicted molar refractivity (Wildman–Crippen MR) is 99.2 cm³/mol. The molecular weight excluding hydrogens is 363 g/mol. The van der Waals surface area contributed by atoms with Crippen molar-refractivity contribution in [3.63, 3.8) is 0 Å². The van der Waals surface area contributed by atoms with E-state index < -0.39 is 11.6 Å². The number of hydrogen-bond acceptors (Lipinski definition) is 4. The summed E-state index contributed by atoms with van der Waals surface area (Å²) in [5.41, 5.74) is 0.747. The molecule has 28 heavy (non-hydrogen) atoms. The third kappa shape index (κ3) is 2.65. The molecule has 7 nitrogen and oxygen atoms in total. The first-order valence-electron chi connectivity index (χ1n) is 9.93. The SMILES string of the molecule is O=C1NC(=O)[C@](CCC(=O)N2CCN3c4cccc(F)c4CC3C2)(C2CC2)N1. The fourth-order valence-electron chi connectivity index (χ4n) is 5.04. The monoisotopic (exact) mass is 386 g/mol. The van der Waals surface area contributed by atoms with Crippen LogP contribution in [0.1, 0.15) is 31.2 Å². The maximum atomic E-state index is 14.1. The van der Waals surface area contributed by atoms with Gasteiger partial charge in [0.05, 0.1) is 6.04 Å². The minimum absolute atomic E-state index is 0.00921. The summed E-state index contributed by atoms with van der Waals surface area (Å²) in [6, 6.07) is 4.78. The number of rotatable bonds is 4. The van der Waals surface area contributed by atoms with Crippen LogP contribution in [0.15, 0.2) is 18.2 Å². The molecule has 1 aliphatic carbocycles. The quantitative estimate of drug-likeness (QED) is 0.761. The first-order chi connectivity index (χ1) is 13.5. The van der Waals surface area contributed by atoms with Gasteiger partial charge in [-0.1, -0.05) is 6.07 Å². The Morgan fingerprint density at radius 1 is 1.25 bits per heavy atom. The second-order valence-electron chi connectivity index (χ2n) is 8.28. The van der Waals surface area contributed by atoms with E-state index in [1.165, 1.54) is 6.07 Å². The Bertz CT molecular complexity index is 871. The van der Waals surface area contributed by atoms with Crippen molar-refractivity contribution in [1.29, 1.82) is 0 Å². The number of carbonyl (C=O) groups excluding carboxylic acids is 3. The van der Waals surface area contributed by atoms with Crippen LogP contribution in [0.3, 0.4) is 0 Å². The lowest BCUT2D eigenvalue weighted by atomic mass is 9.87. The van der Waals surface area contributed by atoms with E-state index in [0.717, 1.165) is 24.1 Å². The summed E-state index contributed by atoms with van der Waals surface area (Å²) in [6.07, 6.45) is 2.95. The number of amides is 4. The predicted octanol–water partition coefficient (Wildman–Crippen LogP) is 1.17. The van der Waals surface area contributed by atoms with Crippen LogP contribution in [0.5, 0.6) is 0 Å². The average molecular weight is 386 g/mol. The molecule has 3 fully saturated rings. The van der Waals surface area contributed by atoms with E-state index in [2.05, 4.69) is 15.5 Å². The van der Waals surface area contributed by atoms with Crippen LogP contribution >= 0.6 is 0 Å². The van der Waals surface area contributed by atoms with Gasteiger partial charge < -0.3 is 15.1 Å². The Balaban J connectivity index is 1.24. The van der Waals surface area contributed by atoms with Crippen LogP contribution in [0.25, 0.3) is 0 Å². The van der Waals surface area contributed by atoms with Gasteiger partial charge in [-0.3, -0.25) is 14.9 Å². The maximum absolute atomic E-state index is 14.1. The summed E-state index contributed by atoms with van der Waals surface area (Å²) in [7, 11) is 0. The van der Waals surface area contributed by atoms with E-state index in [1.807, 2.05) is 11.0 Å². The molecule has 3 heterocycles.